The number of nitrogen functional groups attached to an aromatic ring is 1. The van der Waals surface area contributed by atoms with Crippen LogP contribution in [0.2, 0.25) is 0 Å². The third-order valence-electron chi connectivity index (χ3n) is 6.32. The molecule has 1 aliphatic carbocycles. The lowest BCUT2D eigenvalue weighted by atomic mass is 9.82. The van der Waals surface area contributed by atoms with Crippen LogP contribution in [-0.2, 0) is 6.54 Å². The molecule has 0 atom stereocenters. The molecule has 3 heterocycles. The van der Waals surface area contributed by atoms with Gasteiger partial charge in [0.15, 0.2) is 5.65 Å². The van der Waals surface area contributed by atoms with Gasteiger partial charge >= 0.3 is 0 Å². The molecular formula is C27H28N6O3. The smallest absolute Gasteiger partial charge is 0.257 e. The number of allylic oxidation sites excluding steroid dienone is 1. The monoisotopic (exact) mass is 484 g/mol. The minimum atomic E-state index is -0.293. The van der Waals surface area contributed by atoms with Crippen molar-refractivity contribution in [1.82, 2.24) is 24.9 Å². The first-order chi connectivity index (χ1) is 17.4. The molecule has 0 saturated heterocycles. The van der Waals surface area contributed by atoms with Crippen molar-refractivity contribution in [2.24, 2.45) is 5.92 Å². The number of carbonyl (C=O) groups excluding carboxylic acids is 1. The average Bonchev–Trinajstić information content (AvgIpc) is 3.24. The zero-order valence-electron chi connectivity index (χ0n) is 20.3. The van der Waals surface area contributed by atoms with Crippen molar-refractivity contribution in [3.8, 4) is 22.8 Å². The quantitative estimate of drug-likeness (QED) is 0.364. The summed E-state index contributed by atoms with van der Waals surface area (Å²) in [6, 6.07) is 13.3. The number of hydrogen-bond donors (Lipinski definition) is 2. The summed E-state index contributed by atoms with van der Waals surface area (Å²) in [6.45, 7) is 6.81. The van der Waals surface area contributed by atoms with Gasteiger partial charge in [-0.05, 0) is 49.6 Å². The SMILES string of the molecule is C=C1CC(COc2ccccc2CNC(=O)c2cc(-c3ccn4nc(N)nc4c3)c(C)nc2OC)C1. The molecule has 1 saturated carbocycles. The van der Waals surface area contributed by atoms with Crippen LogP contribution in [0.15, 0.2) is 60.8 Å². The van der Waals surface area contributed by atoms with Crippen LogP contribution in [0.25, 0.3) is 16.8 Å². The van der Waals surface area contributed by atoms with Gasteiger partial charge < -0.3 is 20.5 Å². The number of para-hydroxylation sites is 1. The number of rotatable bonds is 8. The maximum atomic E-state index is 13.3. The fourth-order valence-electron chi connectivity index (χ4n) is 4.40. The van der Waals surface area contributed by atoms with Crippen molar-refractivity contribution in [1.29, 1.82) is 0 Å². The lowest BCUT2D eigenvalue weighted by Gasteiger charge is -2.28. The van der Waals surface area contributed by atoms with E-state index in [1.807, 2.05) is 43.3 Å². The molecular weight excluding hydrogens is 456 g/mol. The zero-order chi connectivity index (χ0) is 25.2. The van der Waals surface area contributed by atoms with Gasteiger partial charge in [-0.1, -0.05) is 30.4 Å². The molecule has 9 nitrogen and oxygen atoms in total. The van der Waals surface area contributed by atoms with Crippen LogP contribution in [0.5, 0.6) is 11.6 Å². The van der Waals surface area contributed by atoms with E-state index in [0.29, 0.717) is 30.3 Å². The molecule has 0 aliphatic heterocycles. The number of carbonyl (C=O) groups is 1. The molecule has 1 aliphatic rings. The third kappa shape index (κ3) is 4.72. The number of pyridine rings is 2. The second-order valence-electron chi connectivity index (χ2n) is 8.99. The Hall–Kier alpha value is -4.40. The minimum absolute atomic E-state index is 0.194. The molecule has 1 fully saturated rings. The average molecular weight is 485 g/mol. The van der Waals surface area contributed by atoms with Gasteiger partial charge in [0.2, 0.25) is 11.8 Å². The molecule has 1 aromatic carbocycles. The van der Waals surface area contributed by atoms with E-state index in [4.69, 9.17) is 15.2 Å². The summed E-state index contributed by atoms with van der Waals surface area (Å²) in [4.78, 5) is 22.0. The van der Waals surface area contributed by atoms with Crippen molar-refractivity contribution < 1.29 is 14.3 Å². The summed E-state index contributed by atoms with van der Waals surface area (Å²) in [5, 5.41) is 7.10. The van der Waals surface area contributed by atoms with Crippen LogP contribution in [0.3, 0.4) is 0 Å². The number of aromatic nitrogens is 4. The molecule has 0 bridgehead atoms. The van der Waals surface area contributed by atoms with Gasteiger partial charge in [-0.25, -0.2) is 9.50 Å². The highest BCUT2D eigenvalue weighted by atomic mass is 16.5. The van der Waals surface area contributed by atoms with Crippen LogP contribution in [-0.4, -0.2) is 39.2 Å². The number of hydrogen-bond acceptors (Lipinski definition) is 7. The number of ether oxygens (including phenoxy) is 2. The maximum absolute atomic E-state index is 13.3. The molecule has 0 spiro atoms. The molecule has 3 aromatic heterocycles. The number of amides is 1. The number of fused-ring (bicyclic) bond motifs is 1. The number of nitrogens with zero attached hydrogens (tertiary/aromatic N) is 4. The van der Waals surface area contributed by atoms with E-state index < -0.39 is 0 Å². The molecule has 1 amide bonds. The first-order valence-corrected chi connectivity index (χ1v) is 11.7. The fourth-order valence-corrected chi connectivity index (χ4v) is 4.40. The summed E-state index contributed by atoms with van der Waals surface area (Å²) in [5.74, 6) is 1.44. The number of nitrogens with one attached hydrogen (secondary N) is 1. The van der Waals surface area contributed by atoms with Crippen molar-refractivity contribution in [2.75, 3.05) is 19.5 Å². The Morgan fingerprint density at radius 3 is 2.81 bits per heavy atom. The summed E-state index contributed by atoms with van der Waals surface area (Å²) in [5.41, 5.74) is 11.2. The molecule has 3 N–H and O–H groups in total. The Balaban J connectivity index is 1.35. The minimum Gasteiger partial charge on any atom is -0.493 e. The van der Waals surface area contributed by atoms with Crippen molar-refractivity contribution in [2.45, 2.75) is 26.3 Å². The van der Waals surface area contributed by atoms with Crippen LogP contribution in [0.4, 0.5) is 5.95 Å². The van der Waals surface area contributed by atoms with Gasteiger partial charge in [0.05, 0.1) is 13.7 Å². The highest BCUT2D eigenvalue weighted by Gasteiger charge is 2.22. The Kier molecular flexibility index (Phi) is 6.28. The van der Waals surface area contributed by atoms with E-state index in [2.05, 4.69) is 27.0 Å². The summed E-state index contributed by atoms with van der Waals surface area (Å²) in [7, 11) is 1.50. The van der Waals surface area contributed by atoms with Crippen LogP contribution >= 0.6 is 0 Å². The number of methoxy groups -OCH3 is 1. The van der Waals surface area contributed by atoms with E-state index in [-0.39, 0.29) is 17.7 Å². The fraction of sp³-hybridized carbons (Fsp3) is 0.259. The van der Waals surface area contributed by atoms with Crippen molar-refractivity contribution in [3.63, 3.8) is 0 Å². The number of anilines is 1. The standard InChI is InChI=1S/C27H28N6O3/c1-16-10-18(11-16)15-36-23-7-5-4-6-20(23)14-29-25(34)22-13-21(17(2)30-26(22)35-3)19-8-9-33-24(12-19)31-27(28)32-33/h4-9,12-13,18H,1,10-11,14-15H2,2-3H3,(H2,28,32)(H,29,34). The van der Waals surface area contributed by atoms with Gasteiger partial charge in [-0.2, -0.15) is 4.98 Å². The number of aryl methyl sites for hydroxylation is 1. The van der Waals surface area contributed by atoms with E-state index in [1.165, 1.54) is 12.7 Å². The summed E-state index contributed by atoms with van der Waals surface area (Å²) >= 11 is 0. The molecule has 9 heteroatoms. The normalized spacial score (nSPS) is 13.4. The Morgan fingerprint density at radius 2 is 2.03 bits per heavy atom. The van der Waals surface area contributed by atoms with Crippen LogP contribution < -0.4 is 20.5 Å². The largest absolute Gasteiger partial charge is 0.493 e. The van der Waals surface area contributed by atoms with Gasteiger partial charge in [0.25, 0.3) is 5.91 Å². The van der Waals surface area contributed by atoms with Gasteiger partial charge in [0, 0.05) is 35.5 Å². The van der Waals surface area contributed by atoms with Gasteiger partial charge in [-0.15, -0.1) is 5.10 Å². The van der Waals surface area contributed by atoms with Gasteiger partial charge in [0.1, 0.15) is 11.3 Å². The van der Waals surface area contributed by atoms with Crippen LogP contribution in [0.1, 0.15) is 34.5 Å². The second-order valence-corrected chi connectivity index (χ2v) is 8.99. The Bertz CT molecular complexity index is 1450. The number of benzene rings is 1. The highest BCUT2D eigenvalue weighted by molar-refractivity contribution is 5.97. The second kappa shape index (κ2) is 9.69. The molecule has 4 aromatic rings. The lowest BCUT2D eigenvalue weighted by molar-refractivity contribution is 0.0946. The van der Waals surface area contributed by atoms with E-state index in [9.17, 15) is 4.79 Å². The molecule has 0 radical (unpaired) electrons. The van der Waals surface area contributed by atoms with Crippen molar-refractivity contribution >= 4 is 17.5 Å². The third-order valence-corrected chi connectivity index (χ3v) is 6.32. The molecule has 184 valence electrons. The Labute approximate surface area is 209 Å². The van der Waals surface area contributed by atoms with E-state index in [1.54, 1.807) is 16.8 Å². The Morgan fingerprint density at radius 1 is 1.22 bits per heavy atom. The predicted molar refractivity (Wildman–Crippen MR) is 137 cm³/mol. The maximum Gasteiger partial charge on any atom is 0.257 e. The topological polar surface area (TPSA) is 117 Å². The summed E-state index contributed by atoms with van der Waals surface area (Å²) < 4.78 is 13.1. The number of nitrogens with two attached hydrogens (primary N) is 1. The predicted octanol–water partition coefficient (Wildman–Crippen LogP) is 3.97. The van der Waals surface area contributed by atoms with Gasteiger partial charge in [-0.3, -0.25) is 4.79 Å². The summed E-state index contributed by atoms with van der Waals surface area (Å²) in [6.07, 6.45) is 3.80. The molecule has 5 rings (SSSR count). The zero-order valence-corrected chi connectivity index (χ0v) is 20.3. The highest BCUT2D eigenvalue weighted by Crippen LogP contribution is 2.32. The van der Waals surface area contributed by atoms with E-state index in [0.717, 1.165) is 41.0 Å². The van der Waals surface area contributed by atoms with E-state index >= 15 is 0 Å². The van der Waals surface area contributed by atoms with Crippen LogP contribution in [0, 0.1) is 12.8 Å². The molecule has 0 unspecified atom stereocenters. The first-order valence-electron chi connectivity index (χ1n) is 11.7. The van der Waals surface area contributed by atoms with Crippen molar-refractivity contribution in [3.05, 3.63) is 77.6 Å². The molecule has 36 heavy (non-hydrogen) atoms. The first kappa shape index (κ1) is 23.3. The lowest BCUT2D eigenvalue weighted by Crippen LogP contribution is -2.25.